The van der Waals surface area contributed by atoms with Crippen LogP contribution >= 0.6 is 0 Å². The fourth-order valence-corrected chi connectivity index (χ4v) is 4.17. The number of hydrogen-bond acceptors (Lipinski definition) is 6. The number of carbonyl (C=O) groups excluding carboxylic acids is 3. The van der Waals surface area contributed by atoms with Crippen LogP contribution in [0.5, 0.6) is 5.75 Å². The predicted molar refractivity (Wildman–Crippen MR) is 110 cm³/mol. The highest BCUT2D eigenvalue weighted by Crippen LogP contribution is 2.25. The number of phenols is 1. The third-order valence-electron chi connectivity index (χ3n) is 5.82. The van der Waals surface area contributed by atoms with Gasteiger partial charge in [0.1, 0.15) is 17.8 Å². The van der Waals surface area contributed by atoms with E-state index in [2.05, 4.69) is 5.32 Å². The molecule has 2 fully saturated rings. The molecular formula is C21H28N4O6. The number of aromatic hydroxyl groups is 1. The van der Waals surface area contributed by atoms with Gasteiger partial charge in [-0.15, -0.1) is 0 Å². The van der Waals surface area contributed by atoms with Crippen molar-refractivity contribution in [2.24, 2.45) is 5.73 Å². The molecule has 2 saturated heterocycles. The molecule has 0 spiro atoms. The van der Waals surface area contributed by atoms with E-state index in [1.807, 2.05) is 0 Å². The number of carboxylic acid groups (broad SMARTS) is 1. The average Bonchev–Trinajstić information content (AvgIpc) is 3.42. The van der Waals surface area contributed by atoms with Crippen LogP contribution in [-0.4, -0.2) is 81.5 Å². The number of amides is 3. The highest BCUT2D eigenvalue weighted by atomic mass is 16.4. The summed E-state index contributed by atoms with van der Waals surface area (Å²) in [5, 5.41) is 21.2. The molecule has 2 heterocycles. The summed E-state index contributed by atoms with van der Waals surface area (Å²) >= 11 is 0. The summed E-state index contributed by atoms with van der Waals surface area (Å²) in [6.07, 6.45) is 2.40. The Labute approximate surface area is 180 Å². The van der Waals surface area contributed by atoms with Crippen molar-refractivity contribution in [1.29, 1.82) is 0 Å². The van der Waals surface area contributed by atoms with Crippen molar-refractivity contribution in [1.82, 2.24) is 15.1 Å². The van der Waals surface area contributed by atoms with Crippen LogP contribution in [0.3, 0.4) is 0 Å². The molecule has 3 unspecified atom stereocenters. The summed E-state index contributed by atoms with van der Waals surface area (Å²) in [6, 6.07) is 3.92. The Bertz CT molecular complexity index is 843. The molecule has 3 amide bonds. The summed E-state index contributed by atoms with van der Waals surface area (Å²) in [7, 11) is 0. The first-order valence-electron chi connectivity index (χ1n) is 10.4. The maximum atomic E-state index is 12.9. The molecule has 0 saturated carbocycles. The van der Waals surface area contributed by atoms with Crippen LogP contribution in [0, 0.1) is 0 Å². The zero-order chi connectivity index (χ0) is 22.5. The second-order valence-electron chi connectivity index (χ2n) is 7.97. The number of carboxylic acids is 1. The normalized spacial score (nSPS) is 21.7. The number of rotatable bonds is 7. The molecule has 5 N–H and O–H groups in total. The smallest absolute Gasteiger partial charge is 0.326 e. The van der Waals surface area contributed by atoms with Crippen LogP contribution in [0.25, 0.3) is 0 Å². The number of nitrogens with zero attached hydrogens (tertiary/aromatic N) is 2. The number of nitrogens with two attached hydrogens (primary N) is 1. The topological polar surface area (TPSA) is 153 Å². The zero-order valence-electron chi connectivity index (χ0n) is 17.2. The van der Waals surface area contributed by atoms with E-state index in [1.165, 1.54) is 21.9 Å². The summed E-state index contributed by atoms with van der Waals surface area (Å²) < 4.78 is 0. The molecule has 0 aliphatic carbocycles. The van der Waals surface area contributed by atoms with Gasteiger partial charge in [0.2, 0.25) is 17.7 Å². The molecule has 10 nitrogen and oxygen atoms in total. The van der Waals surface area contributed by atoms with Gasteiger partial charge in [-0.2, -0.15) is 0 Å². The van der Waals surface area contributed by atoms with E-state index in [9.17, 15) is 29.4 Å². The summed E-state index contributed by atoms with van der Waals surface area (Å²) in [5.74, 6) is -2.14. The maximum absolute atomic E-state index is 12.9. The second kappa shape index (κ2) is 9.78. The second-order valence-corrected chi connectivity index (χ2v) is 7.97. The Hall–Kier alpha value is -3.14. The van der Waals surface area contributed by atoms with Crippen molar-refractivity contribution in [2.45, 2.75) is 50.2 Å². The number of aliphatic carboxylic acids is 1. The molecule has 1 aromatic carbocycles. The van der Waals surface area contributed by atoms with E-state index in [1.54, 1.807) is 12.1 Å². The van der Waals surface area contributed by atoms with Crippen molar-refractivity contribution in [2.75, 3.05) is 19.6 Å². The van der Waals surface area contributed by atoms with Gasteiger partial charge in [-0.25, -0.2) is 4.79 Å². The lowest BCUT2D eigenvalue weighted by molar-refractivity contribution is -0.151. The Morgan fingerprint density at radius 1 is 1.03 bits per heavy atom. The lowest BCUT2D eigenvalue weighted by atomic mass is 10.1. The third-order valence-corrected chi connectivity index (χ3v) is 5.82. The molecule has 0 radical (unpaired) electrons. The molecule has 2 aliphatic rings. The summed E-state index contributed by atoms with van der Waals surface area (Å²) in [6.45, 7) is 0.474. The first kappa shape index (κ1) is 22.5. The van der Waals surface area contributed by atoms with E-state index in [-0.39, 0.29) is 24.6 Å². The average molecular weight is 432 g/mol. The van der Waals surface area contributed by atoms with Gasteiger partial charge in [0, 0.05) is 13.1 Å². The first-order valence-corrected chi connectivity index (χ1v) is 10.4. The minimum absolute atomic E-state index is 0.116. The van der Waals surface area contributed by atoms with Gasteiger partial charge in [-0.1, -0.05) is 12.1 Å². The molecule has 0 aromatic heterocycles. The fourth-order valence-electron chi connectivity index (χ4n) is 4.17. The Morgan fingerprint density at radius 3 is 2.29 bits per heavy atom. The quantitative estimate of drug-likeness (QED) is 0.451. The van der Waals surface area contributed by atoms with E-state index in [0.717, 1.165) is 5.56 Å². The van der Waals surface area contributed by atoms with Crippen molar-refractivity contribution < 1.29 is 29.4 Å². The van der Waals surface area contributed by atoms with Crippen LogP contribution in [0.1, 0.15) is 31.2 Å². The Balaban J connectivity index is 1.53. The lowest BCUT2D eigenvalue weighted by Gasteiger charge is -2.30. The molecule has 2 aliphatic heterocycles. The minimum atomic E-state index is -1.03. The van der Waals surface area contributed by atoms with Gasteiger partial charge in [0.05, 0.1) is 12.6 Å². The van der Waals surface area contributed by atoms with Crippen molar-refractivity contribution in [3.63, 3.8) is 0 Å². The number of nitrogens with one attached hydrogen (secondary N) is 1. The van der Waals surface area contributed by atoms with Crippen LogP contribution in [0.15, 0.2) is 24.3 Å². The van der Waals surface area contributed by atoms with E-state index < -0.39 is 35.9 Å². The molecular weight excluding hydrogens is 404 g/mol. The predicted octanol–water partition coefficient (Wildman–Crippen LogP) is -0.555. The summed E-state index contributed by atoms with van der Waals surface area (Å²) in [4.78, 5) is 52.0. The van der Waals surface area contributed by atoms with Crippen LogP contribution in [0.4, 0.5) is 0 Å². The molecule has 168 valence electrons. The van der Waals surface area contributed by atoms with Crippen molar-refractivity contribution >= 4 is 23.7 Å². The van der Waals surface area contributed by atoms with Crippen molar-refractivity contribution in [3.05, 3.63) is 29.8 Å². The number of hydrogen-bond donors (Lipinski definition) is 4. The SMILES string of the molecule is NC(Cc1ccc(O)cc1)C(=O)NCC(=O)N1CCCC1C(=O)N1CCCC1C(=O)O. The summed E-state index contributed by atoms with van der Waals surface area (Å²) in [5.41, 5.74) is 6.69. The zero-order valence-corrected chi connectivity index (χ0v) is 17.2. The van der Waals surface area contributed by atoms with Gasteiger partial charge in [0.15, 0.2) is 0 Å². The molecule has 31 heavy (non-hydrogen) atoms. The maximum Gasteiger partial charge on any atom is 0.326 e. The van der Waals surface area contributed by atoms with Crippen molar-refractivity contribution in [3.8, 4) is 5.75 Å². The van der Waals surface area contributed by atoms with E-state index in [0.29, 0.717) is 38.8 Å². The Morgan fingerprint density at radius 2 is 1.65 bits per heavy atom. The van der Waals surface area contributed by atoms with E-state index in [4.69, 9.17) is 5.73 Å². The molecule has 10 heteroatoms. The van der Waals surface area contributed by atoms with Gasteiger partial charge in [0.25, 0.3) is 0 Å². The molecule has 1 aromatic rings. The van der Waals surface area contributed by atoms with Gasteiger partial charge in [-0.05, 0) is 49.8 Å². The standard InChI is InChI=1S/C21H28N4O6/c22-15(11-13-5-7-14(26)8-6-13)19(28)23-12-18(27)24-9-1-3-16(24)20(29)25-10-2-4-17(25)21(30)31/h5-8,15-17,26H,1-4,9-12,22H2,(H,23,28)(H,30,31). The molecule has 0 bridgehead atoms. The minimum Gasteiger partial charge on any atom is -0.508 e. The largest absolute Gasteiger partial charge is 0.508 e. The van der Waals surface area contributed by atoms with Crippen LogP contribution in [0.2, 0.25) is 0 Å². The van der Waals surface area contributed by atoms with Gasteiger partial charge >= 0.3 is 5.97 Å². The number of phenolic OH excluding ortho intramolecular Hbond substituents is 1. The first-order chi connectivity index (χ1) is 14.8. The van der Waals surface area contributed by atoms with E-state index >= 15 is 0 Å². The fraction of sp³-hybridized carbons (Fsp3) is 0.524. The highest BCUT2D eigenvalue weighted by Gasteiger charge is 2.42. The van der Waals surface area contributed by atoms with Crippen LogP contribution in [-0.2, 0) is 25.6 Å². The third kappa shape index (κ3) is 5.32. The van der Waals surface area contributed by atoms with Gasteiger partial charge < -0.3 is 31.1 Å². The number of benzene rings is 1. The number of likely N-dealkylation sites (tertiary alicyclic amines) is 2. The van der Waals surface area contributed by atoms with Crippen LogP contribution < -0.4 is 11.1 Å². The highest BCUT2D eigenvalue weighted by molar-refractivity contribution is 5.93. The van der Waals surface area contributed by atoms with Gasteiger partial charge in [-0.3, -0.25) is 14.4 Å². The monoisotopic (exact) mass is 432 g/mol. The molecule has 3 atom stereocenters. The molecule has 3 rings (SSSR count). The Kier molecular flexibility index (Phi) is 7.11. The number of carbonyl (C=O) groups is 4. The lowest BCUT2D eigenvalue weighted by Crippen LogP contribution is -2.53.